The SMILES string of the molecule is C[N+](C)(C)Cn1ccc(=O)[nH]c1=O. The van der Waals surface area contributed by atoms with Gasteiger partial charge < -0.3 is 4.48 Å². The van der Waals surface area contributed by atoms with Crippen molar-refractivity contribution < 1.29 is 4.48 Å². The molecule has 0 aromatic carbocycles. The number of H-pyrrole nitrogens is 1. The van der Waals surface area contributed by atoms with E-state index in [9.17, 15) is 9.59 Å². The van der Waals surface area contributed by atoms with Gasteiger partial charge in [0.2, 0.25) is 0 Å². The fourth-order valence-corrected chi connectivity index (χ4v) is 1.01. The molecule has 0 saturated carbocycles. The summed E-state index contributed by atoms with van der Waals surface area (Å²) in [5.41, 5.74) is -0.719. The van der Waals surface area contributed by atoms with Crippen molar-refractivity contribution in [3.8, 4) is 0 Å². The van der Waals surface area contributed by atoms with Crippen LogP contribution in [0.3, 0.4) is 0 Å². The van der Waals surface area contributed by atoms with Crippen LogP contribution in [0.4, 0.5) is 0 Å². The van der Waals surface area contributed by atoms with Crippen LogP contribution in [0.25, 0.3) is 0 Å². The largest absolute Gasteiger partial charge is 0.332 e. The Morgan fingerprint density at radius 1 is 1.38 bits per heavy atom. The van der Waals surface area contributed by atoms with Crippen LogP contribution in [0, 0.1) is 0 Å². The van der Waals surface area contributed by atoms with Crippen molar-refractivity contribution in [1.82, 2.24) is 9.55 Å². The van der Waals surface area contributed by atoms with E-state index in [1.54, 1.807) is 0 Å². The number of quaternary nitrogens is 1. The van der Waals surface area contributed by atoms with Crippen molar-refractivity contribution in [2.75, 3.05) is 21.1 Å². The van der Waals surface area contributed by atoms with Crippen LogP contribution < -0.4 is 11.2 Å². The fraction of sp³-hybridized carbons (Fsp3) is 0.500. The molecule has 1 aromatic heterocycles. The summed E-state index contributed by atoms with van der Waals surface area (Å²) in [6, 6.07) is 1.34. The molecule has 1 aromatic rings. The first kappa shape index (κ1) is 9.73. The zero-order valence-corrected chi connectivity index (χ0v) is 8.07. The van der Waals surface area contributed by atoms with Gasteiger partial charge in [-0.1, -0.05) is 0 Å². The van der Waals surface area contributed by atoms with Crippen molar-refractivity contribution in [2.45, 2.75) is 6.67 Å². The predicted molar refractivity (Wildman–Crippen MR) is 49.4 cm³/mol. The first-order valence-electron chi connectivity index (χ1n) is 3.99. The third kappa shape index (κ3) is 2.87. The minimum absolute atomic E-state index is 0.359. The Labute approximate surface area is 75.8 Å². The zero-order valence-electron chi connectivity index (χ0n) is 8.07. The highest BCUT2D eigenvalue weighted by Gasteiger charge is 2.08. The van der Waals surface area contributed by atoms with E-state index in [4.69, 9.17) is 0 Å². The van der Waals surface area contributed by atoms with E-state index in [2.05, 4.69) is 4.98 Å². The van der Waals surface area contributed by atoms with Crippen LogP contribution in [-0.4, -0.2) is 35.2 Å². The van der Waals surface area contributed by atoms with E-state index >= 15 is 0 Å². The molecular formula is C8H14N3O2+. The van der Waals surface area contributed by atoms with Gasteiger partial charge in [0.05, 0.1) is 21.1 Å². The molecule has 13 heavy (non-hydrogen) atoms. The normalized spacial score (nSPS) is 11.6. The Kier molecular flexibility index (Phi) is 2.38. The number of aromatic amines is 1. The van der Waals surface area contributed by atoms with E-state index in [-0.39, 0.29) is 11.2 Å². The maximum atomic E-state index is 11.2. The van der Waals surface area contributed by atoms with E-state index in [1.807, 2.05) is 21.1 Å². The highest BCUT2D eigenvalue weighted by molar-refractivity contribution is 4.81. The summed E-state index contributed by atoms with van der Waals surface area (Å²) in [6.07, 6.45) is 1.50. The first-order valence-corrected chi connectivity index (χ1v) is 3.99. The lowest BCUT2D eigenvalue weighted by atomic mass is 10.6. The molecule has 0 radical (unpaired) electrons. The summed E-state index contributed by atoms with van der Waals surface area (Å²) in [7, 11) is 5.91. The van der Waals surface area contributed by atoms with Gasteiger partial charge in [-0.3, -0.25) is 14.3 Å². The maximum absolute atomic E-state index is 11.2. The lowest BCUT2D eigenvalue weighted by Gasteiger charge is -2.24. The maximum Gasteiger partial charge on any atom is 0.332 e. The molecular weight excluding hydrogens is 170 g/mol. The number of nitrogens with one attached hydrogen (secondary N) is 1. The monoisotopic (exact) mass is 184 g/mol. The van der Waals surface area contributed by atoms with Crippen LogP contribution in [-0.2, 0) is 6.67 Å². The van der Waals surface area contributed by atoms with Gasteiger partial charge in [-0.05, 0) is 0 Å². The molecule has 0 spiro atoms. The molecule has 0 bridgehead atoms. The third-order valence-corrected chi connectivity index (χ3v) is 1.47. The Morgan fingerprint density at radius 3 is 2.46 bits per heavy atom. The minimum Gasteiger partial charge on any atom is -0.313 e. The molecule has 5 heteroatoms. The second-order valence-corrected chi connectivity index (χ2v) is 4.01. The lowest BCUT2D eigenvalue weighted by molar-refractivity contribution is -0.893. The Morgan fingerprint density at radius 2 is 2.00 bits per heavy atom. The van der Waals surface area contributed by atoms with Gasteiger partial charge in [-0.2, -0.15) is 0 Å². The molecule has 0 amide bonds. The smallest absolute Gasteiger partial charge is 0.313 e. The molecule has 1 N–H and O–H groups in total. The van der Waals surface area contributed by atoms with E-state index in [1.165, 1.54) is 16.8 Å². The molecule has 0 aliphatic rings. The second-order valence-electron chi connectivity index (χ2n) is 4.01. The van der Waals surface area contributed by atoms with Gasteiger partial charge in [-0.25, -0.2) is 4.79 Å². The number of rotatable bonds is 2. The summed E-state index contributed by atoms with van der Waals surface area (Å²) in [5.74, 6) is 0. The van der Waals surface area contributed by atoms with Crippen LogP contribution in [0.2, 0.25) is 0 Å². The Bertz CT molecular complexity index is 397. The molecule has 1 heterocycles. The first-order chi connectivity index (χ1) is 5.88. The number of nitrogens with zero attached hydrogens (tertiary/aromatic N) is 2. The Balaban J connectivity index is 3.04. The van der Waals surface area contributed by atoms with Gasteiger partial charge in [0.25, 0.3) is 5.56 Å². The van der Waals surface area contributed by atoms with Crippen molar-refractivity contribution in [1.29, 1.82) is 0 Å². The number of hydrogen-bond acceptors (Lipinski definition) is 2. The average Bonchev–Trinajstić information content (AvgIpc) is 1.93. The molecule has 0 aliphatic carbocycles. The van der Waals surface area contributed by atoms with E-state index in [0.717, 1.165) is 0 Å². The average molecular weight is 184 g/mol. The number of aromatic nitrogens is 2. The summed E-state index contributed by atoms with van der Waals surface area (Å²) in [5, 5.41) is 0. The van der Waals surface area contributed by atoms with Crippen molar-refractivity contribution in [3.63, 3.8) is 0 Å². The van der Waals surface area contributed by atoms with Crippen LogP contribution in [0.5, 0.6) is 0 Å². The van der Waals surface area contributed by atoms with Crippen molar-refractivity contribution in [3.05, 3.63) is 33.1 Å². The van der Waals surface area contributed by atoms with Crippen LogP contribution in [0.1, 0.15) is 0 Å². The molecule has 0 fully saturated rings. The minimum atomic E-state index is -0.361. The Hall–Kier alpha value is -1.36. The summed E-state index contributed by atoms with van der Waals surface area (Å²) in [6.45, 7) is 0.537. The quantitative estimate of drug-likeness (QED) is 0.612. The molecule has 0 atom stereocenters. The van der Waals surface area contributed by atoms with Gasteiger partial charge in [0, 0.05) is 12.3 Å². The van der Waals surface area contributed by atoms with Crippen LogP contribution in [0.15, 0.2) is 21.9 Å². The molecule has 0 saturated heterocycles. The van der Waals surface area contributed by atoms with E-state index < -0.39 is 0 Å². The van der Waals surface area contributed by atoms with Crippen molar-refractivity contribution >= 4 is 0 Å². The molecule has 0 aliphatic heterocycles. The van der Waals surface area contributed by atoms with Crippen molar-refractivity contribution in [2.24, 2.45) is 0 Å². The molecule has 5 nitrogen and oxygen atoms in total. The lowest BCUT2D eigenvalue weighted by Crippen LogP contribution is -2.41. The molecule has 0 unspecified atom stereocenters. The highest BCUT2D eigenvalue weighted by Crippen LogP contribution is 1.91. The predicted octanol–water partition coefficient (Wildman–Crippen LogP) is -0.800. The number of hydrogen-bond donors (Lipinski definition) is 1. The molecule has 1 rings (SSSR count). The summed E-state index contributed by atoms with van der Waals surface area (Å²) in [4.78, 5) is 24.2. The van der Waals surface area contributed by atoms with Gasteiger partial charge >= 0.3 is 5.69 Å². The van der Waals surface area contributed by atoms with E-state index in [0.29, 0.717) is 11.2 Å². The van der Waals surface area contributed by atoms with Gasteiger partial charge in [0.1, 0.15) is 0 Å². The zero-order chi connectivity index (χ0) is 10.1. The van der Waals surface area contributed by atoms with Crippen LogP contribution >= 0.6 is 0 Å². The third-order valence-electron chi connectivity index (χ3n) is 1.47. The standard InChI is InChI=1S/C8H13N3O2/c1-11(2,3)6-10-5-4-7(12)9-8(10)13/h4-5H,6H2,1-3H3/p+1. The topological polar surface area (TPSA) is 54.9 Å². The fourth-order valence-electron chi connectivity index (χ4n) is 1.01. The highest BCUT2D eigenvalue weighted by atomic mass is 16.2. The van der Waals surface area contributed by atoms with Gasteiger partial charge in [0.15, 0.2) is 6.67 Å². The molecule has 72 valence electrons. The summed E-state index contributed by atoms with van der Waals surface area (Å²) < 4.78 is 2.10. The summed E-state index contributed by atoms with van der Waals surface area (Å²) >= 11 is 0. The van der Waals surface area contributed by atoms with Gasteiger partial charge in [-0.15, -0.1) is 0 Å². The second kappa shape index (κ2) is 3.18.